The third kappa shape index (κ3) is 5.96. The molecular weight excluding hydrogens is 554 g/mol. The van der Waals surface area contributed by atoms with Crippen LogP contribution in [-0.2, 0) is 0 Å². The summed E-state index contributed by atoms with van der Waals surface area (Å²) >= 11 is 0. The lowest BCUT2D eigenvalue weighted by Gasteiger charge is -2.39. The molecule has 10 nitrogen and oxygen atoms in total. The van der Waals surface area contributed by atoms with Crippen LogP contribution in [-0.4, -0.2) is 105 Å². The number of aromatic nitrogens is 1. The quantitative estimate of drug-likeness (QED) is 0.433. The summed E-state index contributed by atoms with van der Waals surface area (Å²) in [7, 11) is 5.93. The van der Waals surface area contributed by atoms with Gasteiger partial charge in [-0.25, -0.2) is 4.98 Å². The summed E-state index contributed by atoms with van der Waals surface area (Å²) in [4.78, 5) is 42.0. The Bertz CT molecular complexity index is 1520. The summed E-state index contributed by atoms with van der Waals surface area (Å²) in [5.74, 6) is 1.17. The first-order valence-electron chi connectivity index (χ1n) is 15.7. The minimum atomic E-state index is -0.0775. The molecule has 10 heteroatoms. The number of carbonyl (C=O) groups is 2. The molecule has 6 rings (SSSR count). The van der Waals surface area contributed by atoms with Crippen molar-refractivity contribution < 1.29 is 14.3 Å². The van der Waals surface area contributed by atoms with Crippen molar-refractivity contribution in [3.63, 3.8) is 0 Å². The van der Waals surface area contributed by atoms with Gasteiger partial charge in [-0.2, -0.15) is 0 Å². The highest BCUT2D eigenvalue weighted by Gasteiger charge is 2.29. The normalized spacial score (nSPS) is 19.6. The molecule has 0 radical (unpaired) electrons. The monoisotopic (exact) mass is 597 g/mol. The second-order valence-corrected chi connectivity index (χ2v) is 12.0. The topological polar surface area (TPSA) is 84.5 Å². The van der Waals surface area contributed by atoms with Gasteiger partial charge in [0.15, 0.2) is 0 Å². The molecule has 3 aliphatic rings. The zero-order valence-corrected chi connectivity index (χ0v) is 26.3. The molecule has 2 aromatic carbocycles. The van der Waals surface area contributed by atoms with Crippen molar-refractivity contribution in [3.05, 3.63) is 65.9 Å². The lowest BCUT2D eigenvalue weighted by Crippen LogP contribution is -2.52. The Hall–Kier alpha value is -4.15. The van der Waals surface area contributed by atoms with Crippen LogP contribution in [0.4, 0.5) is 28.6 Å². The highest BCUT2D eigenvalue weighted by molar-refractivity contribution is 6.13. The van der Waals surface area contributed by atoms with Crippen molar-refractivity contribution in [2.24, 2.45) is 0 Å². The van der Waals surface area contributed by atoms with E-state index in [1.807, 2.05) is 72.3 Å². The smallest absolute Gasteiger partial charge is 0.260 e. The molecule has 0 saturated carbocycles. The Balaban J connectivity index is 1.17. The molecule has 1 aromatic heterocycles. The maximum absolute atomic E-state index is 13.6. The number of carbonyl (C=O) groups excluding carboxylic acids is 2. The number of anilines is 5. The van der Waals surface area contributed by atoms with Crippen LogP contribution in [0.5, 0.6) is 5.75 Å². The SMILES string of the molecule is CCOc1cc(C(=O)N2CCN(C3CCCN(C)CC3)CC2)ccc1Nc1cc2c(cn1)N(C)C(=O)c1ccccc1N2C. The predicted octanol–water partition coefficient (Wildman–Crippen LogP) is 4.82. The van der Waals surface area contributed by atoms with E-state index in [-0.39, 0.29) is 11.8 Å². The molecule has 2 amide bonds. The van der Waals surface area contributed by atoms with E-state index < -0.39 is 0 Å². The summed E-state index contributed by atoms with van der Waals surface area (Å²) in [6, 6.07) is 15.7. The lowest BCUT2D eigenvalue weighted by molar-refractivity contribution is 0.0552. The third-order valence-electron chi connectivity index (χ3n) is 9.22. The fourth-order valence-electron chi connectivity index (χ4n) is 6.63. The van der Waals surface area contributed by atoms with Gasteiger partial charge in [0.1, 0.15) is 11.6 Å². The highest BCUT2D eigenvalue weighted by atomic mass is 16.5. The van der Waals surface area contributed by atoms with E-state index in [1.165, 1.54) is 25.8 Å². The van der Waals surface area contributed by atoms with Crippen molar-refractivity contribution in [2.45, 2.75) is 32.2 Å². The van der Waals surface area contributed by atoms with Gasteiger partial charge in [0.05, 0.1) is 41.1 Å². The van der Waals surface area contributed by atoms with Crippen molar-refractivity contribution in [1.29, 1.82) is 0 Å². The Kier molecular flexibility index (Phi) is 8.72. The minimum absolute atomic E-state index is 0.0360. The van der Waals surface area contributed by atoms with Crippen molar-refractivity contribution in [2.75, 3.05) is 82.1 Å². The highest BCUT2D eigenvalue weighted by Crippen LogP contribution is 2.40. The molecule has 2 saturated heterocycles. The van der Waals surface area contributed by atoms with Crippen LogP contribution in [0.1, 0.15) is 46.9 Å². The van der Waals surface area contributed by atoms with Gasteiger partial charge < -0.3 is 29.7 Å². The summed E-state index contributed by atoms with van der Waals surface area (Å²) < 4.78 is 6.00. The number of hydrogen-bond acceptors (Lipinski definition) is 8. The summed E-state index contributed by atoms with van der Waals surface area (Å²) in [5.41, 5.74) is 4.39. The number of benzene rings is 2. The average Bonchev–Trinajstić information content (AvgIpc) is 3.31. The zero-order chi connectivity index (χ0) is 30.8. The van der Waals surface area contributed by atoms with E-state index in [0.717, 1.165) is 55.5 Å². The number of amides is 2. The maximum atomic E-state index is 13.6. The molecule has 1 atom stereocenters. The molecular formula is C34H43N7O3. The molecule has 3 aliphatic heterocycles. The van der Waals surface area contributed by atoms with Crippen LogP contribution in [0.25, 0.3) is 0 Å². The van der Waals surface area contributed by atoms with E-state index in [2.05, 4.69) is 27.1 Å². The summed E-state index contributed by atoms with van der Waals surface area (Å²) in [5, 5.41) is 3.39. The molecule has 1 N–H and O–H groups in total. The number of para-hydroxylation sites is 1. The van der Waals surface area contributed by atoms with Crippen LogP contribution in [0.15, 0.2) is 54.7 Å². The zero-order valence-electron chi connectivity index (χ0n) is 26.3. The number of ether oxygens (including phenoxy) is 1. The van der Waals surface area contributed by atoms with Crippen molar-refractivity contribution >= 4 is 40.4 Å². The molecule has 232 valence electrons. The molecule has 0 spiro atoms. The first-order chi connectivity index (χ1) is 21.3. The largest absolute Gasteiger partial charge is 0.492 e. The number of nitrogens with one attached hydrogen (secondary N) is 1. The van der Waals surface area contributed by atoms with Crippen molar-refractivity contribution in [1.82, 2.24) is 19.7 Å². The van der Waals surface area contributed by atoms with Gasteiger partial charge in [-0.05, 0) is 76.7 Å². The van der Waals surface area contributed by atoms with Gasteiger partial charge in [0.25, 0.3) is 11.8 Å². The van der Waals surface area contributed by atoms with Crippen LogP contribution in [0.3, 0.4) is 0 Å². The number of fused-ring (bicyclic) bond motifs is 2. The first-order valence-corrected chi connectivity index (χ1v) is 15.7. The van der Waals surface area contributed by atoms with Gasteiger partial charge in [-0.1, -0.05) is 12.1 Å². The standard InChI is InChI=1S/C34H43N7O3/c1-5-44-31-21-24(33(42)41-19-17-40(18-20-41)25-9-8-15-37(2)16-14-25)12-13-27(31)36-32-22-29-30(23-35-32)39(4)34(43)26-10-6-7-11-28(26)38(29)3/h6-7,10-13,21-23,25H,5,8-9,14-20H2,1-4H3,(H,35,36). The Labute approximate surface area is 260 Å². The molecule has 0 aliphatic carbocycles. The van der Waals surface area contributed by atoms with Gasteiger partial charge >= 0.3 is 0 Å². The van der Waals surface area contributed by atoms with Crippen molar-refractivity contribution in [3.8, 4) is 5.75 Å². The fraction of sp³-hybridized carbons (Fsp3) is 0.441. The molecule has 4 heterocycles. The predicted molar refractivity (Wildman–Crippen MR) is 175 cm³/mol. The number of pyridine rings is 1. The van der Waals surface area contributed by atoms with Gasteiger partial charge in [-0.3, -0.25) is 14.5 Å². The summed E-state index contributed by atoms with van der Waals surface area (Å²) in [6.45, 7) is 8.03. The number of piperazine rings is 1. The average molecular weight is 598 g/mol. The molecule has 3 aromatic rings. The Morgan fingerprint density at radius 1 is 0.909 bits per heavy atom. The minimum Gasteiger partial charge on any atom is -0.492 e. The molecule has 2 fully saturated rings. The van der Waals surface area contributed by atoms with Gasteiger partial charge in [0.2, 0.25) is 0 Å². The molecule has 0 bridgehead atoms. The van der Waals surface area contributed by atoms with Crippen LogP contribution in [0.2, 0.25) is 0 Å². The van der Waals surface area contributed by atoms with Crippen LogP contribution < -0.4 is 19.9 Å². The first kappa shape index (κ1) is 29.9. The number of likely N-dealkylation sites (tertiary alicyclic amines) is 1. The van der Waals surface area contributed by atoms with Crippen LogP contribution >= 0.6 is 0 Å². The van der Waals surface area contributed by atoms with E-state index in [9.17, 15) is 9.59 Å². The van der Waals surface area contributed by atoms with E-state index in [1.54, 1.807) is 18.1 Å². The number of rotatable bonds is 6. The number of hydrogen-bond donors (Lipinski definition) is 1. The van der Waals surface area contributed by atoms with Crippen LogP contribution in [0, 0.1) is 0 Å². The summed E-state index contributed by atoms with van der Waals surface area (Å²) in [6.07, 6.45) is 5.39. The fourth-order valence-corrected chi connectivity index (χ4v) is 6.63. The lowest BCUT2D eigenvalue weighted by atomic mass is 10.1. The number of nitrogens with zero attached hydrogens (tertiary/aromatic N) is 6. The second-order valence-electron chi connectivity index (χ2n) is 12.0. The Morgan fingerprint density at radius 2 is 1.70 bits per heavy atom. The molecule has 1 unspecified atom stereocenters. The molecule has 44 heavy (non-hydrogen) atoms. The Morgan fingerprint density at radius 3 is 2.50 bits per heavy atom. The second kappa shape index (κ2) is 12.8. The van der Waals surface area contributed by atoms with E-state index in [4.69, 9.17) is 4.74 Å². The van der Waals surface area contributed by atoms with Gasteiger partial charge in [-0.15, -0.1) is 0 Å². The van der Waals surface area contributed by atoms with Gasteiger partial charge in [0, 0.05) is 57.9 Å². The van der Waals surface area contributed by atoms with E-state index in [0.29, 0.717) is 35.3 Å². The van der Waals surface area contributed by atoms with E-state index >= 15 is 0 Å². The maximum Gasteiger partial charge on any atom is 0.260 e. The third-order valence-corrected chi connectivity index (χ3v) is 9.22.